The second-order valence-electron chi connectivity index (χ2n) is 4.20. The van der Waals surface area contributed by atoms with Crippen LogP contribution >= 0.6 is 0 Å². The summed E-state index contributed by atoms with van der Waals surface area (Å²) in [5, 5.41) is 0. The first-order valence-corrected chi connectivity index (χ1v) is 4.76. The first kappa shape index (κ1) is 10.2. The fourth-order valence-electron chi connectivity index (χ4n) is 1.29. The Labute approximate surface area is 80.2 Å². The van der Waals surface area contributed by atoms with E-state index in [0.717, 1.165) is 19.3 Å². The number of nitrogens with two attached hydrogens (primary N) is 1. The van der Waals surface area contributed by atoms with Gasteiger partial charge in [-0.3, -0.25) is 4.98 Å². The molecule has 0 bridgehead atoms. The lowest BCUT2D eigenvalue weighted by molar-refractivity contribution is 0.459. The van der Waals surface area contributed by atoms with Crippen molar-refractivity contribution >= 4 is 0 Å². The zero-order chi connectivity index (χ0) is 9.73. The van der Waals surface area contributed by atoms with E-state index in [4.69, 9.17) is 5.73 Å². The number of aromatic nitrogens is 1. The molecule has 0 saturated heterocycles. The molecule has 2 nitrogen and oxygen atoms in total. The Morgan fingerprint density at radius 2 is 2.23 bits per heavy atom. The van der Waals surface area contributed by atoms with Crippen molar-refractivity contribution in [2.45, 2.75) is 38.6 Å². The molecule has 1 aromatic heterocycles. The average Bonchev–Trinajstić information content (AvgIpc) is 2.04. The van der Waals surface area contributed by atoms with Gasteiger partial charge in [-0.15, -0.1) is 0 Å². The standard InChI is InChI=1S/C11H18N2/c1-11(2,12)7-3-5-10-6-4-8-13-9-10/h4,6,8-9H,3,5,7,12H2,1-2H3. The van der Waals surface area contributed by atoms with Crippen molar-refractivity contribution in [1.82, 2.24) is 4.98 Å². The highest BCUT2D eigenvalue weighted by molar-refractivity contribution is 5.08. The Morgan fingerprint density at radius 1 is 1.46 bits per heavy atom. The Morgan fingerprint density at radius 3 is 2.77 bits per heavy atom. The largest absolute Gasteiger partial charge is 0.326 e. The average molecular weight is 178 g/mol. The van der Waals surface area contributed by atoms with E-state index in [9.17, 15) is 0 Å². The van der Waals surface area contributed by atoms with Gasteiger partial charge in [0.2, 0.25) is 0 Å². The van der Waals surface area contributed by atoms with Gasteiger partial charge in [0.25, 0.3) is 0 Å². The SMILES string of the molecule is CC(C)(N)CCCc1cccnc1. The summed E-state index contributed by atoms with van der Waals surface area (Å²) in [5.74, 6) is 0. The number of hydrogen-bond acceptors (Lipinski definition) is 2. The predicted molar refractivity (Wildman–Crippen MR) is 55.4 cm³/mol. The molecule has 1 heterocycles. The maximum absolute atomic E-state index is 5.88. The molecule has 1 rings (SSSR count). The highest BCUT2D eigenvalue weighted by atomic mass is 14.7. The zero-order valence-corrected chi connectivity index (χ0v) is 8.46. The minimum atomic E-state index is -0.0395. The van der Waals surface area contributed by atoms with Gasteiger partial charge in [0, 0.05) is 17.9 Å². The maximum atomic E-state index is 5.88. The van der Waals surface area contributed by atoms with Crippen LogP contribution in [0.2, 0.25) is 0 Å². The monoisotopic (exact) mass is 178 g/mol. The van der Waals surface area contributed by atoms with Crippen LogP contribution < -0.4 is 5.73 Å². The quantitative estimate of drug-likeness (QED) is 0.767. The van der Waals surface area contributed by atoms with Crippen LogP contribution in [0.4, 0.5) is 0 Å². The van der Waals surface area contributed by atoms with Crippen molar-refractivity contribution in [2.75, 3.05) is 0 Å². The summed E-state index contributed by atoms with van der Waals surface area (Å²) in [5.41, 5.74) is 7.14. The fourth-order valence-corrected chi connectivity index (χ4v) is 1.29. The molecular formula is C11H18N2. The summed E-state index contributed by atoms with van der Waals surface area (Å²) in [6.45, 7) is 4.13. The summed E-state index contributed by atoms with van der Waals surface area (Å²) in [6.07, 6.45) is 6.99. The Balaban J connectivity index is 2.29. The summed E-state index contributed by atoms with van der Waals surface area (Å²) in [6, 6.07) is 4.08. The molecule has 0 amide bonds. The molecule has 0 aliphatic carbocycles. The van der Waals surface area contributed by atoms with E-state index in [1.807, 2.05) is 12.3 Å². The van der Waals surface area contributed by atoms with Crippen LogP contribution in [0, 0.1) is 0 Å². The molecule has 72 valence electrons. The minimum absolute atomic E-state index is 0.0395. The molecule has 0 unspecified atom stereocenters. The van der Waals surface area contributed by atoms with Crippen molar-refractivity contribution in [3.8, 4) is 0 Å². The van der Waals surface area contributed by atoms with Gasteiger partial charge in [0.1, 0.15) is 0 Å². The highest BCUT2D eigenvalue weighted by Crippen LogP contribution is 2.10. The normalized spacial score (nSPS) is 11.6. The van der Waals surface area contributed by atoms with Crippen LogP contribution in [-0.2, 0) is 6.42 Å². The molecule has 0 aliphatic heterocycles. The van der Waals surface area contributed by atoms with Gasteiger partial charge in [-0.05, 0) is 44.7 Å². The number of aryl methyl sites for hydroxylation is 1. The van der Waals surface area contributed by atoms with Gasteiger partial charge in [-0.25, -0.2) is 0 Å². The molecule has 2 heteroatoms. The minimum Gasteiger partial charge on any atom is -0.326 e. The zero-order valence-electron chi connectivity index (χ0n) is 8.46. The van der Waals surface area contributed by atoms with Gasteiger partial charge < -0.3 is 5.73 Å². The summed E-state index contributed by atoms with van der Waals surface area (Å²) < 4.78 is 0. The van der Waals surface area contributed by atoms with Crippen LogP contribution in [0.3, 0.4) is 0 Å². The lowest BCUT2D eigenvalue weighted by Gasteiger charge is -2.17. The fraction of sp³-hybridized carbons (Fsp3) is 0.545. The van der Waals surface area contributed by atoms with E-state index < -0.39 is 0 Å². The Kier molecular flexibility index (Phi) is 3.43. The Hall–Kier alpha value is -0.890. The van der Waals surface area contributed by atoms with Crippen molar-refractivity contribution in [1.29, 1.82) is 0 Å². The van der Waals surface area contributed by atoms with Gasteiger partial charge >= 0.3 is 0 Å². The second-order valence-corrected chi connectivity index (χ2v) is 4.20. The molecule has 0 aliphatic rings. The van der Waals surface area contributed by atoms with Crippen LogP contribution in [0.1, 0.15) is 32.3 Å². The van der Waals surface area contributed by atoms with E-state index in [1.165, 1.54) is 5.56 Å². The van der Waals surface area contributed by atoms with Crippen molar-refractivity contribution < 1.29 is 0 Å². The van der Waals surface area contributed by atoms with Gasteiger partial charge in [0.05, 0.1) is 0 Å². The molecule has 13 heavy (non-hydrogen) atoms. The summed E-state index contributed by atoms with van der Waals surface area (Å²) in [7, 11) is 0. The van der Waals surface area contributed by atoms with Crippen LogP contribution in [-0.4, -0.2) is 10.5 Å². The molecule has 2 N–H and O–H groups in total. The number of nitrogens with zero attached hydrogens (tertiary/aromatic N) is 1. The smallest absolute Gasteiger partial charge is 0.0299 e. The first-order valence-electron chi connectivity index (χ1n) is 4.76. The van der Waals surface area contributed by atoms with Crippen LogP contribution in [0.15, 0.2) is 24.5 Å². The van der Waals surface area contributed by atoms with Gasteiger partial charge in [0.15, 0.2) is 0 Å². The van der Waals surface area contributed by atoms with Crippen molar-refractivity contribution in [3.05, 3.63) is 30.1 Å². The van der Waals surface area contributed by atoms with Crippen LogP contribution in [0.25, 0.3) is 0 Å². The summed E-state index contributed by atoms with van der Waals surface area (Å²) >= 11 is 0. The van der Waals surface area contributed by atoms with E-state index in [2.05, 4.69) is 24.9 Å². The predicted octanol–water partition coefficient (Wildman–Crippen LogP) is 2.14. The molecular weight excluding hydrogens is 160 g/mol. The molecule has 0 saturated carbocycles. The second kappa shape index (κ2) is 4.38. The third-order valence-electron chi connectivity index (χ3n) is 2.01. The molecule has 0 atom stereocenters. The van der Waals surface area contributed by atoms with Crippen molar-refractivity contribution in [3.63, 3.8) is 0 Å². The number of hydrogen-bond donors (Lipinski definition) is 1. The highest BCUT2D eigenvalue weighted by Gasteiger charge is 2.09. The molecule has 0 spiro atoms. The molecule has 0 fully saturated rings. The van der Waals surface area contributed by atoms with Gasteiger partial charge in [-0.1, -0.05) is 6.07 Å². The molecule has 1 aromatic rings. The van der Waals surface area contributed by atoms with E-state index in [1.54, 1.807) is 6.20 Å². The third kappa shape index (κ3) is 4.63. The lowest BCUT2D eigenvalue weighted by atomic mass is 9.97. The molecule has 0 radical (unpaired) electrons. The van der Waals surface area contributed by atoms with Gasteiger partial charge in [-0.2, -0.15) is 0 Å². The van der Waals surface area contributed by atoms with Crippen LogP contribution in [0.5, 0.6) is 0 Å². The lowest BCUT2D eigenvalue weighted by Crippen LogP contribution is -2.31. The maximum Gasteiger partial charge on any atom is 0.0299 e. The van der Waals surface area contributed by atoms with E-state index in [-0.39, 0.29) is 5.54 Å². The molecule has 0 aromatic carbocycles. The van der Waals surface area contributed by atoms with Crippen molar-refractivity contribution in [2.24, 2.45) is 5.73 Å². The van der Waals surface area contributed by atoms with E-state index in [0.29, 0.717) is 0 Å². The topological polar surface area (TPSA) is 38.9 Å². The Bertz CT molecular complexity index is 236. The number of pyridine rings is 1. The summed E-state index contributed by atoms with van der Waals surface area (Å²) in [4.78, 5) is 4.07. The third-order valence-corrected chi connectivity index (χ3v) is 2.01. The number of rotatable bonds is 4. The first-order chi connectivity index (χ1) is 6.08. The van der Waals surface area contributed by atoms with E-state index >= 15 is 0 Å².